The molecule has 3 rings (SSSR count). The number of halogens is 3. The lowest BCUT2D eigenvalue weighted by Crippen LogP contribution is -2.38. The van der Waals surface area contributed by atoms with Crippen molar-refractivity contribution >= 4 is 18.4 Å². The van der Waals surface area contributed by atoms with Gasteiger partial charge in [0, 0.05) is 24.6 Å². The van der Waals surface area contributed by atoms with Crippen LogP contribution >= 0.6 is 0 Å². The molecule has 2 heterocycles. The lowest BCUT2D eigenvalue weighted by Gasteiger charge is -2.28. The summed E-state index contributed by atoms with van der Waals surface area (Å²) in [6, 6.07) is 5.48. The molecule has 0 saturated carbocycles. The molecule has 1 fully saturated rings. The van der Waals surface area contributed by atoms with Crippen molar-refractivity contribution in [2.24, 2.45) is 11.7 Å². The molecule has 1 amide bonds. The van der Waals surface area contributed by atoms with E-state index in [0.29, 0.717) is 37.5 Å². The van der Waals surface area contributed by atoms with E-state index < -0.39 is 6.36 Å². The van der Waals surface area contributed by atoms with Crippen molar-refractivity contribution in [1.82, 2.24) is 10.1 Å². The molecule has 1 saturated heterocycles. The number of ether oxygens (including phenoxy) is 1. The SMILES string of the molecule is NC(=O)C1CCN(c2nc(-c3ccc(OC(F)(F)F)cc3)no2)CC1.O=CO. The summed E-state index contributed by atoms with van der Waals surface area (Å²) in [4.78, 5) is 25.6. The summed E-state index contributed by atoms with van der Waals surface area (Å²) in [5.41, 5.74) is 5.79. The fraction of sp³-hybridized carbons (Fsp3) is 0.375. The van der Waals surface area contributed by atoms with Crippen molar-refractivity contribution < 1.29 is 37.1 Å². The number of anilines is 1. The molecule has 0 spiro atoms. The minimum atomic E-state index is -4.74. The number of benzene rings is 1. The second-order valence-electron chi connectivity index (χ2n) is 5.74. The van der Waals surface area contributed by atoms with Crippen LogP contribution in [0, 0.1) is 5.92 Å². The Bertz CT molecular complexity index is 786. The summed E-state index contributed by atoms with van der Waals surface area (Å²) in [5.74, 6) is -0.536. The molecule has 0 bridgehead atoms. The normalized spacial score (nSPS) is 14.8. The van der Waals surface area contributed by atoms with Crippen LogP contribution in [0.25, 0.3) is 11.4 Å². The van der Waals surface area contributed by atoms with Gasteiger partial charge in [-0.05, 0) is 37.1 Å². The van der Waals surface area contributed by atoms with Crippen LogP contribution < -0.4 is 15.4 Å². The molecule has 0 unspecified atom stereocenters. The highest BCUT2D eigenvalue weighted by molar-refractivity contribution is 5.76. The smallest absolute Gasteiger partial charge is 0.483 e. The maximum atomic E-state index is 12.2. The van der Waals surface area contributed by atoms with Crippen molar-refractivity contribution in [1.29, 1.82) is 0 Å². The van der Waals surface area contributed by atoms with Crippen LogP contribution in [0.1, 0.15) is 12.8 Å². The number of nitrogens with two attached hydrogens (primary N) is 1. The second-order valence-corrected chi connectivity index (χ2v) is 5.74. The molecule has 28 heavy (non-hydrogen) atoms. The van der Waals surface area contributed by atoms with Gasteiger partial charge in [0.1, 0.15) is 5.75 Å². The van der Waals surface area contributed by atoms with E-state index in [9.17, 15) is 18.0 Å². The predicted octanol–water partition coefficient (Wildman–Crippen LogP) is 2.04. The summed E-state index contributed by atoms with van der Waals surface area (Å²) < 4.78 is 45.5. The van der Waals surface area contributed by atoms with Gasteiger partial charge < -0.3 is 25.0 Å². The first-order valence-corrected chi connectivity index (χ1v) is 8.05. The molecule has 0 atom stereocenters. The Kier molecular flexibility index (Phi) is 6.79. The van der Waals surface area contributed by atoms with Gasteiger partial charge in [0.05, 0.1) is 0 Å². The van der Waals surface area contributed by atoms with Crippen LogP contribution in [0.15, 0.2) is 28.8 Å². The second kappa shape index (κ2) is 9.06. The van der Waals surface area contributed by atoms with E-state index in [1.807, 2.05) is 4.90 Å². The molecule has 0 aliphatic carbocycles. The van der Waals surface area contributed by atoms with E-state index in [-0.39, 0.29) is 29.9 Å². The average molecular weight is 402 g/mol. The quantitative estimate of drug-likeness (QED) is 0.743. The predicted molar refractivity (Wildman–Crippen MR) is 89.2 cm³/mol. The van der Waals surface area contributed by atoms with Gasteiger partial charge in [-0.15, -0.1) is 13.2 Å². The zero-order chi connectivity index (χ0) is 20.7. The molecule has 12 heteroatoms. The standard InChI is InChI=1S/C15H15F3N4O3.CH2O2/c16-15(17,18)24-11-3-1-10(2-4-11)13-20-14(25-21-13)22-7-5-9(6-8-22)12(19)23;2-1-3/h1-4,9H,5-8H2,(H2,19,23);1H,(H,2,3). The van der Waals surface area contributed by atoms with E-state index in [1.54, 1.807) is 0 Å². The number of rotatable bonds is 4. The molecule has 1 aliphatic heterocycles. The summed E-state index contributed by atoms with van der Waals surface area (Å²) >= 11 is 0. The fourth-order valence-corrected chi connectivity index (χ4v) is 2.62. The molecule has 9 nitrogen and oxygen atoms in total. The summed E-state index contributed by atoms with van der Waals surface area (Å²) in [7, 11) is 0. The number of primary amides is 1. The third-order valence-corrected chi connectivity index (χ3v) is 3.93. The van der Waals surface area contributed by atoms with Crippen molar-refractivity contribution in [2.45, 2.75) is 19.2 Å². The van der Waals surface area contributed by atoms with Crippen LogP contribution in [0.2, 0.25) is 0 Å². The van der Waals surface area contributed by atoms with E-state index in [2.05, 4.69) is 14.9 Å². The number of carboxylic acid groups (broad SMARTS) is 1. The van der Waals surface area contributed by atoms with E-state index in [1.165, 1.54) is 24.3 Å². The van der Waals surface area contributed by atoms with Crippen LogP contribution in [-0.4, -0.2) is 47.1 Å². The fourth-order valence-electron chi connectivity index (χ4n) is 2.62. The molecular formula is C16H17F3N4O5. The number of piperidine rings is 1. The zero-order valence-corrected chi connectivity index (χ0v) is 14.4. The van der Waals surface area contributed by atoms with Gasteiger partial charge in [0.25, 0.3) is 6.47 Å². The lowest BCUT2D eigenvalue weighted by atomic mass is 9.97. The first-order valence-electron chi connectivity index (χ1n) is 8.05. The highest BCUT2D eigenvalue weighted by atomic mass is 19.4. The Morgan fingerprint density at radius 3 is 2.36 bits per heavy atom. The Morgan fingerprint density at radius 2 is 1.86 bits per heavy atom. The highest BCUT2D eigenvalue weighted by Crippen LogP contribution is 2.27. The van der Waals surface area contributed by atoms with E-state index in [4.69, 9.17) is 20.2 Å². The van der Waals surface area contributed by atoms with Crippen LogP contribution in [-0.2, 0) is 9.59 Å². The minimum Gasteiger partial charge on any atom is -0.483 e. The first-order chi connectivity index (χ1) is 13.2. The molecule has 1 aliphatic rings. The van der Waals surface area contributed by atoms with E-state index >= 15 is 0 Å². The number of hydrogen-bond donors (Lipinski definition) is 2. The largest absolute Gasteiger partial charge is 0.573 e. The van der Waals surface area contributed by atoms with Gasteiger partial charge in [0.2, 0.25) is 11.7 Å². The number of alkyl halides is 3. The van der Waals surface area contributed by atoms with Gasteiger partial charge in [-0.2, -0.15) is 4.98 Å². The lowest BCUT2D eigenvalue weighted by molar-refractivity contribution is -0.274. The minimum absolute atomic E-state index is 0.153. The monoisotopic (exact) mass is 402 g/mol. The van der Waals surface area contributed by atoms with Crippen LogP contribution in [0.4, 0.5) is 19.2 Å². The number of hydrogen-bond acceptors (Lipinski definition) is 7. The Hall–Kier alpha value is -3.31. The molecule has 0 radical (unpaired) electrons. The van der Waals surface area contributed by atoms with Gasteiger partial charge in [-0.1, -0.05) is 5.16 Å². The molecule has 152 valence electrons. The Balaban J connectivity index is 0.000000878. The van der Waals surface area contributed by atoms with Crippen LogP contribution in [0.3, 0.4) is 0 Å². The zero-order valence-electron chi connectivity index (χ0n) is 14.4. The van der Waals surface area contributed by atoms with Crippen molar-refractivity contribution in [3.05, 3.63) is 24.3 Å². The van der Waals surface area contributed by atoms with Crippen molar-refractivity contribution in [2.75, 3.05) is 18.0 Å². The van der Waals surface area contributed by atoms with Crippen molar-refractivity contribution in [3.8, 4) is 17.1 Å². The number of aromatic nitrogens is 2. The number of nitrogens with zero attached hydrogens (tertiary/aromatic N) is 3. The van der Waals surface area contributed by atoms with Gasteiger partial charge in [-0.3, -0.25) is 9.59 Å². The average Bonchev–Trinajstić information content (AvgIpc) is 3.12. The molecular weight excluding hydrogens is 385 g/mol. The third kappa shape index (κ3) is 5.86. The number of carbonyl (C=O) groups is 2. The third-order valence-electron chi connectivity index (χ3n) is 3.93. The van der Waals surface area contributed by atoms with Crippen LogP contribution in [0.5, 0.6) is 5.75 Å². The number of amides is 1. The highest BCUT2D eigenvalue weighted by Gasteiger charge is 2.31. The maximum Gasteiger partial charge on any atom is 0.573 e. The van der Waals surface area contributed by atoms with Gasteiger partial charge >= 0.3 is 12.4 Å². The summed E-state index contributed by atoms with van der Waals surface area (Å²) in [6.07, 6.45) is -3.52. The summed E-state index contributed by atoms with van der Waals surface area (Å²) in [5, 5.41) is 10.7. The topological polar surface area (TPSA) is 132 Å². The Morgan fingerprint density at radius 1 is 1.29 bits per heavy atom. The maximum absolute atomic E-state index is 12.2. The van der Waals surface area contributed by atoms with Gasteiger partial charge in [-0.25, -0.2) is 0 Å². The van der Waals surface area contributed by atoms with Crippen molar-refractivity contribution in [3.63, 3.8) is 0 Å². The molecule has 1 aromatic heterocycles. The Labute approximate surface area is 156 Å². The summed E-state index contributed by atoms with van der Waals surface area (Å²) in [6.45, 7) is 0.876. The van der Waals surface area contributed by atoms with Gasteiger partial charge in [0.15, 0.2) is 0 Å². The molecule has 3 N–H and O–H groups in total. The molecule has 1 aromatic carbocycles. The molecule has 2 aromatic rings. The number of carbonyl (C=O) groups excluding carboxylic acids is 1. The van der Waals surface area contributed by atoms with E-state index in [0.717, 1.165) is 0 Å². The first kappa shape index (κ1) is 21.0.